The lowest BCUT2D eigenvalue weighted by Crippen LogP contribution is -2.12. The van der Waals surface area contributed by atoms with Crippen LogP contribution in [0.25, 0.3) is 0 Å². The van der Waals surface area contributed by atoms with E-state index >= 15 is 0 Å². The van der Waals surface area contributed by atoms with Crippen molar-refractivity contribution in [3.63, 3.8) is 0 Å². The Labute approximate surface area is 144 Å². The first kappa shape index (κ1) is 20.2. The highest BCUT2D eigenvalue weighted by atomic mass is 16.4. The molecule has 0 heterocycles. The second kappa shape index (κ2) is 9.45. The Morgan fingerprint density at radius 3 is 1.88 bits per heavy atom. The SMILES string of the molecule is CCCCCCCCCC(=O)c1c(C)c(C)c(O)c(C(=O)O)c1C. The van der Waals surface area contributed by atoms with E-state index in [1.54, 1.807) is 20.8 Å². The molecule has 4 nitrogen and oxygen atoms in total. The van der Waals surface area contributed by atoms with Crippen molar-refractivity contribution in [1.82, 2.24) is 0 Å². The molecule has 0 aliphatic heterocycles. The highest BCUT2D eigenvalue weighted by Gasteiger charge is 2.24. The van der Waals surface area contributed by atoms with Crippen LogP contribution in [0.3, 0.4) is 0 Å². The van der Waals surface area contributed by atoms with Crippen LogP contribution in [0.2, 0.25) is 0 Å². The molecule has 0 unspecified atom stereocenters. The van der Waals surface area contributed by atoms with Gasteiger partial charge in [0.15, 0.2) is 5.78 Å². The second-order valence-electron chi connectivity index (χ2n) is 6.57. The number of unbranched alkanes of at least 4 members (excludes halogenated alkanes) is 6. The lowest BCUT2D eigenvalue weighted by Gasteiger charge is -2.16. The molecule has 1 rings (SSSR count). The fourth-order valence-corrected chi connectivity index (χ4v) is 3.18. The first-order valence-electron chi connectivity index (χ1n) is 8.92. The number of aromatic carboxylic acids is 1. The molecule has 0 amide bonds. The van der Waals surface area contributed by atoms with Gasteiger partial charge in [-0.15, -0.1) is 0 Å². The highest BCUT2D eigenvalue weighted by molar-refractivity contribution is 6.04. The molecule has 0 aliphatic carbocycles. The largest absolute Gasteiger partial charge is 0.507 e. The summed E-state index contributed by atoms with van der Waals surface area (Å²) in [5, 5.41) is 19.4. The summed E-state index contributed by atoms with van der Waals surface area (Å²) in [6.45, 7) is 7.22. The molecule has 0 spiro atoms. The van der Waals surface area contributed by atoms with Gasteiger partial charge in [0.05, 0.1) is 0 Å². The summed E-state index contributed by atoms with van der Waals surface area (Å²) < 4.78 is 0. The third kappa shape index (κ3) is 4.83. The molecule has 0 aliphatic rings. The van der Waals surface area contributed by atoms with Crippen LogP contribution in [-0.4, -0.2) is 22.0 Å². The fourth-order valence-electron chi connectivity index (χ4n) is 3.18. The molecule has 24 heavy (non-hydrogen) atoms. The van der Waals surface area contributed by atoms with Gasteiger partial charge in [-0.1, -0.05) is 45.4 Å². The van der Waals surface area contributed by atoms with Crippen LogP contribution in [0.4, 0.5) is 0 Å². The normalized spacial score (nSPS) is 10.8. The van der Waals surface area contributed by atoms with Crippen LogP contribution in [0.15, 0.2) is 0 Å². The Morgan fingerprint density at radius 1 is 0.792 bits per heavy atom. The van der Waals surface area contributed by atoms with Gasteiger partial charge >= 0.3 is 5.97 Å². The first-order chi connectivity index (χ1) is 11.3. The maximum absolute atomic E-state index is 12.6. The molecule has 1 aromatic rings. The molecular weight excluding hydrogens is 304 g/mol. The number of carboxylic acid groups (broad SMARTS) is 1. The van der Waals surface area contributed by atoms with Gasteiger partial charge in [-0.2, -0.15) is 0 Å². The zero-order chi connectivity index (χ0) is 18.3. The molecule has 0 bridgehead atoms. The smallest absolute Gasteiger partial charge is 0.339 e. The minimum atomic E-state index is -1.20. The number of carboxylic acids is 1. The van der Waals surface area contributed by atoms with Crippen molar-refractivity contribution in [3.05, 3.63) is 27.8 Å². The van der Waals surface area contributed by atoms with E-state index in [1.165, 1.54) is 25.7 Å². The summed E-state index contributed by atoms with van der Waals surface area (Å²) in [7, 11) is 0. The standard InChI is InChI=1S/C20H30O4/c1-5-6-7-8-9-10-11-12-16(21)17-13(2)14(3)19(22)18(15(17)4)20(23)24/h22H,5-12H2,1-4H3,(H,23,24). The van der Waals surface area contributed by atoms with Gasteiger partial charge in [0.25, 0.3) is 0 Å². The minimum Gasteiger partial charge on any atom is -0.507 e. The van der Waals surface area contributed by atoms with Crippen molar-refractivity contribution in [2.75, 3.05) is 0 Å². The Balaban J connectivity index is 2.79. The first-order valence-corrected chi connectivity index (χ1v) is 8.92. The zero-order valence-electron chi connectivity index (χ0n) is 15.4. The van der Waals surface area contributed by atoms with E-state index < -0.39 is 5.97 Å². The van der Waals surface area contributed by atoms with E-state index in [2.05, 4.69) is 6.92 Å². The van der Waals surface area contributed by atoms with Gasteiger partial charge in [0, 0.05) is 12.0 Å². The van der Waals surface area contributed by atoms with Gasteiger partial charge in [-0.05, 0) is 43.9 Å². The molecule has 0 fully saturated rings. The predicted molar refractivity (Wildman–Crippen MR) is 96.2 cm³/mol. The number of Topliss-reactive ketones (excluding diaryl/α,β-unsaturated/α-hetero) is 1. The topological polar surface area (TPSA) is 74.6 Å². The number of rotatable bonds is 10. The molecule has 0 aromatic heterocycles. The number of benzene rings is 1. The summed E-state index contributed by atoms with van der Waals surface area (Å²) in [5.74, 6) is -1.45. The number of phenols is 1. The average molecular weight is 334 g/mol. The van der Waals surface area contributed by atoms with E-state index in [1.807, 2.05) is 0 Å². The summed E-state index contributed by atoms with van der Waals surface area (Å²) in [5.41, 5.74) is 1.84. The third-order valence-electron chi connectivity index (χ3n) is 4.78. The maximum Gasteiger partial charge on any atom is 0.339 e. The lowest BCUT2D eigenvalue weighted by molar-refractivity contribution is 0.0692. The van der Waals surface area contributed by atoms with Crippen LogP contribution in [-0.2, 0) is 0 Å². The number of hydrogen-bond donors (Lipinski definition) is 2. The Bertz CT molecular complexity index is 602. The Morgan fingerprint density at radius 2 is 1.33 bits per heavy atom. The zero-order valence-corrected chi connectivity index (χ0v) is 15.4. The number of carbonyl (C=O) groups is 2. The predicted octanol–water partition coefficient (Wildman–Crippen LogP) is 5.34. The van der Waals surface area contributed by atoms with E-state index in [0.717, 1.165) is 19.3 Å². The molecule has 0 saturated heterocycles. The number of aromatic hydroxyl groups is 1. The highest BCUT2D eigenvalue weighted by Crippen LogP contribution is 2.33. The van der Waals surface area contributed by atoms with Gasteiger partial charge in [-0.3, -0.25) is 4.79 Å². The van der Waals surface area contributed by atoms with Crippen LogP contribution in [0.5, 0.6) is 5.75 Å². The summed E-state index contributed by atoms with van der Waals surface area (Å²) >= 11 is 0. The number of hydrogen-bond acceptors (Lipinski definition) is 3. The monoisotopic (exact) mass is 334 g/mol. The lowest BCUT2D eigenvalue weighted by atomic mass is 9.88. The fraction of sp³-hybridized carbons (Fsp3) is 0.600. The third-order valence-corrected chi connectivity index (χ3v) is 4.78. The minimum absolute atomic E-state index is 0.0239. The van der Waals surface area contributed by atoms with Gasteiger partial charge in [-0.25, -0.2) is 4.79 Å². The van der Waals surface area contributed by atoms with E-state index in [9.17, 15) is 19.8 Å². The Hall–Kier alpha value is -1.84. The Kier molecular flexibility index (Phi) is 7.96. The van der Waals surface area contributed by atoms with Crippen LogP contribution < -0.4 is 0 Å². The molecule has 1 aromatic carbocycles. The molecule has 4 heteroatoms. The van der Waals surface area contributed by atoms with Crippen molar-refractivity contribution in [1.29, 1.82) is 0 Å². The summed E-state index contributed by atoms with van der Waals surface area (Å²) in [6, 6.07) is 0. The second-order valence-corrected chi connectivity index (χ2v) is 6.57. The molecule has 2 N–H and O–H groups in total. The molecule has 0 radical (unpaired) electrons. The van der Waals surface area contributed by atoms with Crippen LogP contribution in [0.1, 0.15) is 95.7 Å². The molecule has 0 saturated carbocycles. The van der Waals surface area contributed by atoms with Gasteiger partial charge in [0.1, 0.15) is 11.3 Å². The van der Waals surface area contributed by atoms with Gasteiger partial charge < -0.3 is 10.2 Å². The maximum atomic E-state index is 12.6. The summed E-state index contributed by atoms with van der Waals surface area (Å²) in [6.07, 6.45) is 8.37. The van der Waals surface area contributed by atoms with Gasteiger partial charge in [0.2, 0.25) is 0 Å². The molecule has 134 valence electrons. The number of ketones is 1. The van der Waals surface area contributed by atoms with E-state index in [4.69, 9.17) is 0 Å². The summed E-state index contributed by atoms with van der Waals surface area (Å²) in [4.78, 5) is 24.0. The molecule has 0 atom stereocenters. The van der Waals surface area contributed by atoms with E-state index in [-0.39, 0.29) is 17.1 Å². The average Bonchev–Trinajstić information content (AvgIpc) is 2.51. The van der Waals surface area contributed by atoms with Crippen LogP contribution in [0, 0.1) is 20.8 Å². The quantitative estimate of drug-likeness (QED) is 0.447. The van der Waals surface area contributed by atoms with E-state index in [0.29, 0.717) is 28.7 Å². The van der Waals surface area contributed by atoms with Crippen molar-refractivity contribution in [2.45, 2.75) is 79.1 Å². The van der Waals surface area contributed by atoms with Crippen molar-refractivity contribution in [2.24, 2.45) is 0 Å². The van der Waals surface area contributed by atoms with Crippen molar-refractivity contribution < 1.29 is 19.8 Å². The molecular formula is C20H30O4. The number of carbonyl (C=O) groups excluding carboxylic acids is 1. The van der Waals surface area contributed by atoms with Crippen LogP contribution >= 0.6 is 0 Å². The van der Waals surface area contributed by atoms with Crippen molar-refractivity contribution >= 4 is 11.8 Å². The van der Waals surface area contributed by atoms with Crippen molar-refractivity contribution in [3.8, 4) is 5.75 Å².